The van der Waals surface area contributed by atoms with Crippen LogP contribution in [0.15, 0.2) is 11.6 Å². The quantitative estimate of drug-likeness (QED) is 0.777. The van der Waals surface area contributed by atoms with Crippen molar-refractivity contribution in [2.24, 2.45) is 23.0 Å². The summed E-state index contributed by atoms with van der Waals surface area (Å²) < 4.78 is 0. The van der Waals surface area contributed by atoms with Crippen LogP contribution in [0.4, 0.5) is 0 Å². The molecule has 20 heavy (non-hydrogen) atoms. The third kappa shape index (κ3) is 3.25. The van der Waals surface area contributed by atoms with E-state index >= 15 is 0 Å². The lowest BCUT2D eigenvalue weighted by molar-refractivity contribution is -0.132. The summed E-state index contributed by atoms with van der Waals surface area (Å²) in [6, 6.07) is 0.234. The molecule has 0 aromatic heterocycles. The molecule has 0 spiro atoms. The standard InChI is InChI=1S/C17H30N2O/c1-12-15(18)9-8-14(17(12,2)3)16(20)19-11-10-13-6-4-5-7-13/h6,12,14-15H,4-5,7-11,18H2,1-3H3,(H,19,20). The fourth-order valence-electron chi connectivity index (χ4n) is 3.75. The Balaban J connectivity index is 1.85. The van der Waals surface area contributed by atoms with Crippen molar-refractivity contribution in [3.8, 4) is 0 Å². The molecule has 3 N–H and O–H groups in total. The third-order valence-corrected chi connectivity index (χ3v) is 5.70. The molecular weight excluding hydrogens is 248 g/mol. The Labute approximate surface area is 123 Å². The minimum Gasteiger partial charge on any atom is -0.356 e. The van der Waals surface area contributed by atoms with Gasteiger partial charge in [-0.3, -0.25) is 4.79 Å². The highest BCUT2D eigenvalue weighted by Crippen LogP contribution is 2.44. The second kappa shape index (κ2) is 6.30. The molecule has 1 fully saturated rings. The molecule has 0 heterocycles. The Morgan fingerprint density at radius 1 is 1.45 bits per heavy atom. The topological polar surface area (TPSA) is 55.1 Å². The molecule has 114 valence electrons. The van der Waals surface area contributed by atoms with E-state index in [9.17, 15) is 4.79 Å². The molecule has 0 aliphatic heterocycles. The number of amides is 1. The minimum atomic E-state index is -0.00558. The molecule has 3 nitrogen and oxygen atoms in total. The number of rotatable bonds is 4. The van der Waals surface area contributed by atoms with Gasteiger partial charge in [0.15, 0.2) is 0 Å². The van der Waals surface area contributed by atoms with Gasteiger partial charge < -0.3 is 11.1 Å². The Bertz CT molecular complexity index is 386. The van der Waals surface area contributed by atoms with Crippen molar-refractivity contribution in [3.63, 3.8) is 0 Å². The van der Waals surface area contributed by atoms with Crippen molar-refractivity contribution < 1.29 is 4.79 Å². The van der Waals surface area contributed by atoms with Gasteiger partial charge in [0, 0.05) is 18.5 Å². The first-order valence-electron chi connectivity index (χ1n) is 8.14. The Kier molecular flexibility index (Phi) is 4.90. The van der Waals surface area contributed by atoms with Gasteiger partial charge in [-0.1, -0.05) is 32.4 Å². The lowest BCUT2D eigenvalue weighted by Gasteiger charge is -2.46. The molecule has 0 aromatic carbocycles. The van der Waals surface area contributed by atoms with E-state index in [1.165, 1.54) is 24.8 Å². The summed E-state index contributed by atoms with van der Waals surface area (Å²) in [6.07, 6.45) is 8.96. The summed E-state index contributed by atoms with van der Waals surface area (Å²) in [5.74, 6) is 0.728. The van der Waals surface area contributed by atoms with Gasteiger partial charge in [-0.25, -0.2) is 0 Å². The molecule has 1 saturated carbocycles. The highest BCUT2D eigenvalue weighted by Gasteiger charge is 2.44. The summed E-state index contributed by atoms with van der Waals surface area (Å²) in [7, 11) is 0. The second-order valence-corrected chi connectivity index (χ2v) is 7.20. The number of hydrogen-bond acceptors (Lipinski definition) is 2. The van der Waals surface area contributed by atoms with Crippen molar-refractivity contribution in [2.75, 3.05) is 6.54 Å². The van der Waals surface area contributed by atoms with E-state index in [4.69, 9.17) is 5.73 Å². The highest BCUT2D eigenvalue weighted by atomic mass is 16.1. The van der Waals surface area contributed by atoms with Gasteiger partial charge >= 0.3 is 0 Å². The number of carbonyl (C=O) groups is 1. The molecule has 2 aliphatic rings. The van der Waals surface area contributed by atoms with E-state index in [1.54, 1.807) is 0 Å². The molecule has 2 aliphatic carbocycles. The molecule has 0 aromatic rings. The molecule has 1 amide bonds. The number of nitrogens with two attached hydrogens (primary N) is 1. The van der Waals surface area contributed by atoms with Gasteiger partial charge in [0.05, 0.1) is 0 Å². The van der Waals surface area contributed by atoms with Crippen LogP contribution >= 0.6 is 0 Å². The zero-order chi connectivity index (χ0) is 14.8. The third-order valence-electron chi connectivity index (χ3n) is 5.70. The van der Waals surface area contributed by atoms with Crippen LogP contribution in [0.1, 0.15) is 59.3 Å². The van der Waals surface area contributed by atoms with Gasteiger partial charge in [-0.05, 0) is 49.9 Å². The lowest BCUT2D eigenvalue weighted by atomic mass is 9.61. The number of hydrogen-bond donors (Lipinski definition) is 2. The maximum absolute atomic E-state index is 12.5. The zero-order valence-corrected chi connectivity index (χ0v) is 13.2. The molecule has 0 bridgehead atoms. The summed E-state index contributed by atoms with van der Waals surface area (Å²) in [6.45, 7) is 7.37. The van der Waals surface area contributed by atoms with Crippen LogP contribution < -0.4 is 11.1 Å². The van der Waals surface area contributed by atoms with Crippen molar-refractivity contribution in [3.05, 3.63) is 11.6 Å². The van der Waals surface area contributed by atoms with E-state index in [1.807, 2.05) is 0 Å². The van der Waals surface area contributed by atoms with Crippen molar-refractivity contribution >= 4 is 5.91 Å². The minimum absolute atomic E-state index is 0.00558. The fraction of sp³-hybridized carbons (Fsp3) is 0.824. The SMILES string of the molecule is CC1C(N)CCC(C(=O)NCCC2=CCCC2)C1(C)C. The molecule has 2 rings (SSSR count). The number of allylic oxidation sites excluding steroid dienone is 1. The van der Waals surface area contributed by atoms with Crippen molar-refractivity contribution in [1.82, 2.24) is 5.32 Å². The van der Waals surface area contributed by atoms with Crippen LogP contribution in [0.3, 0.4) is 0 Å². The largest absolute Gasteiger partial charge is 0.356 e. The molecule has 0 saturated heterocycles. The predicted molar refractivity (Wildman–Crippen MR) is 83.2 cm³/mol. The predicted octanol–water partition coefficient (Wildman–Crippen LogP) is 3.00. The monoisotopic (exact) mass is 278 g/mol. The van der Waals surface area contributed by atoms with Gasteiger partial charge in [-0.15, -0.1) is 0 Å². The van der Waals surface area contributed by atoms with Gasteiger partial charge in [0.1, 0.15) is 0 Å². The van der Waals surface area contributed by atoms with Gasteiger partial charge in [-0.2, -0.15) is 0 Å². The average Bonchev–Trinajstić information content (AvgIpc) is 2.89. The van der Waals surface area contributed by atoms with E-state index in [0.717, 1.165) is 25.8 Å². The van der Waals surface area contributed by atoms with Crippen LogP contribution in [0.25, 0.3) is 0 Å². The summed E-state index contributed by atoms with van der Waals surface area (Å²) in [5.41, 5.74) is 7.67. The summed E-state index contributed by atoms with van der Waals surface area (Å²) >= 11 is 0. The normalized spacial score (nSPS) is 32.8. The van der Waals surface area contributed by atoms with Crippen LogP contribution in [-0.4, -0.2) is 18.5 Å². The molecule has 3 heteroatoms. The first-order valence-corrected chi connectivity index (χ1v) is 8.14. The first-order chi connectivity index (χ1) is 9.43. The van der Waals surface area contributed by atoms with Crippen molar-refractivity contribution in [1.29, 1.82) is 0 Å². The van der Waals surface area contributed by atoms with E-state index in [-0.39, 0.29) is 23.3 Å². The Morgan fingerprint density at radius 3 is 2.85 bits per heavy atom. The molecule has 3 unspecified atom stereocenters. The van der Waals surface area contributed by atoms with Crippen LogP contribution in [0.5, 0.6) is 0 Å². The van der Waals surface area contributed by atoms with Crippen LogP contribution in [0.2, 0.25) is 0 Å². The van der Waals surface area contributed by atoms with E-state index in [0.29, 0.717) is 5.92 Å². The second-order valence-electron chi connectivity index (χ2n) is 7.20. The van der Waals surface area contributed by atoms with Crippen molar-refractivity contribution in [2.45, 2.75) is 65.3 Å². The maximum atomic E-state index is 12.5. The average molecular weight is 278 g/mol. The van der Waals surface area contributed by atoms with Gasteiger partial charge in [0.25, 0.3) is 0 Å². The molecular formula is C17H30N2O. The smallest absolute Gasteiger partial charge is 0.223 e. The van der Waals surface area contributed by atoms with E-state index in [2.05, 4.69) is 32.2 Å². The van der Waals surface area contributed by atoms with Crippen LogP contribution in [0, 0.1) is 17.3 Å². The lowest BCUT2D eigenvalue weighted by Crippen LogP contribution is -2.51. The van der Waals surface area contributed by atoms with Gasteiger partial charge in [0.2, 0.25) is 5.91 Å². The molecule has 0 radical (unpaired) electrons. The first kappa shape index (κ1) is 15.6. The van der Waals surface area contributed by atoms with E-state index < -0.39 is 0 Å². The Morgan fingerprint density at radius 2 is 2.20 bits per heavy atom. The Hall–Kier alpha value is -0.830. The molecule has 3 atom stereocenters. The summed E-state index contributed by atoms with van der Waals surface area (Å²) in [4.78, 5) is 12.5. The maximum Gasteiger partial charge on any atom is 0.223 e. The highest BCUT2D eigenvalue weighted by molar-refractivity contribution is 5.79. The fourth-order valence-corrected chi connectivity index (χ4v) is 3.75. The summed E-state index contributed by atoms with van der Waals surface area (Å²) in [5, 5.41) is 3.15. The van der Waals surface area contributed by atoms with Crippen LogP contribution in [-0.2, 0) is 4.79 Å². The zero-order valence-electron chi connectivity index (χ0n) is 13.2. The number of nitrogens with one attached hydrogen (secondary N) is 1. The number of carbonyl (C=O) groups excluding carboxylic acids is 1.